The molecule has 86 valence electrons. The summed E-state index contributed by atoms with van der Waals surface area (Å²) in [4.78, 5) is 23.7. The Morgan fingerprint density at radius 3 is 2.33 bits per heavy atom. The van der Waals surface area contributed by atoms with Crippen molar-refractivity contribution in [3.63, 3.8) is 0 Å². The fourth-order valence-electron chi connectivity index (χ4n) is 1.64. The maximum Gasteiger partial charge on any atom is 0.243 e. The minimum absolute atomic E-state index is 0.00885. The van der Waals surface area contributed by atoms with Crippen LogP contribution in [0.5, 0.6) is 0 Å². The first-order chi connectivity index (χ1) is 7.40. The molecule has 0 spiro atoms. The third-order valence-corrected chi connectivity index (χ3v) is 2.95. The Morgan fingerprint density at radius 1 is 1.27 bits per heavy atom. The normalized spacial score (nSPS) is 30.2. The highest BCUT2D eigenvalue weighted by Gasteiger charge is 2.37. The second kappa shape index (κ2) is 4.64. The van der Waals surface area contributed by atoms with E-state index in [-0.39, 0.29) is 23.7 Å². The minimum Gasteiger partial charge on any atom is -0.342 e. The molecule has 0 aromatic heterocycles. The van der Waals surface area contributed by atoms with Crippen molar-refractivity contribution >= 4 is 11.8 Å². The van der Waals surface area contributed by atoms with E-state index in [2.05, 4.69) is 5.32 Å². The quantitative estimate of drug-likeness (QED) is 0.724. The largest absolute Gasteiger partial charge is 0.342 e. The summed E-state index contributed by atoms with van der Waals surface area (Å²) in [5.41, 5.74) is 0. The van der Waals surface area contributed by atoms with Crippen LogP contribution in [0.25, 0.3) is 0 Å². The van der Waals surface area contributed by atoms with Crippen molar-refractivity contribution in [2.75, 3.05) is 0 Å². The number of hydrogen-bond donors (Lipinski definition) is 2. The molecule has 15 heavy (non-hydrogen) atoms. The van der Waals surface area contributed by atoms with E-state index in [9.17, 15) is 9.59 Å². The van der Waals surface area contributed by atoms with Crippen LogP contribution in [0.4, 0.5) is 0 Å². The Labute approximate surface area is 92.3 Å². The van der Waals surface area contributed by atoms with Crippen LogP contribution in [-0.2, 0) is 9.59 Å². The van der Waals surface area contributed by atoms with E-state index >= 15 is 0 Å². The molecule has 1 rings (SSSR count). The first-order valence-corrected chi connectivity index (χ1v) is 5.52. The Hall–Kier alpha value is -1.06. The molecule has 1 saturated heterocycles. The van der Waals surface area contributed by atoms with Gasteiger partial charge in [-0.05, 0) is 11.8 Å². The molecule has 0 unspecified atom stereocenters. The molecular formula is C11H20N2O2. The van der Waals surface area contributed by atoms with Crippen LogP contribution in [0.3, 0.4) is 0 Å². The molecule has 0 bridgehead atoms. The van der Waals surface area contributed by atoms with Gasteiger partial charge in [0.2, 0.25) is 11.8 Å². The lowest BCUT2D eigenvalue weighted by Gasteiger charge is -2.34. The van der Waals surface area contributed by atoms with Gasteiger partial charge in [0.15, 0.2) is 1.41 Å². The number of rotatable bonds is 3. The summed E-state index contributed by atoms with van der Waals surface area (Å²) in [5.74, 6) is -0.487. The van der Waals surface area contributed by atoms with Crippen molar-refractivity contribution in [2.45, 2.75) is 46.2 Å². The highest BCUT2D eigenvalue weighted by atomic mass is 16.2. The van der Waals surface area contributed by atoms with E-state index in [1.807, 2.05) is 27.7 Å². The predicted octanol–water partition coefficient (Wildman–Crippen LogP) is 0.672. The van der Waals surface area contributed by atoms with Gasteiger partial charge in [0, 0.05) is 0 Å². The summed E-state index contributed by atoms with van der Waals surface area (Å²) in [6.45, 7) is 7.56. The Morgan fingerprint density at radius 2 is 1.87 bits per heavy atom. The van der Waals surface area contributed by atoms with Crippen molar-refractivity contribution in [2.24, 2.45) is 11.8 Å². The highest BCUT2D eigenvalue weighted by molar-refractivity contribution is 5.97. The molecule has 4 nitrogen and oxygen atoms in total. The van der Waals surface area contributed by atoms with E-state index in [0.29, 0.717) is 0 Å². The van der Waals surface area contributed by atoms with Gasteiger partial charge in [0.05, 0.1) is 0 Å². The average molecular weight is 213 g/mol. The van der Waals surface area contributed by atoms with Crippen LogP contribution in [0.1, 0.15) is 34.1 Å². The number of carbonyl (C=O) groups is 2. The zero-order chi connectivity index (χ0) is 12.5. The molecule has 1 fully saturated rings. The van der Waals surface area contributed by atoms with Crippen molar-refractivity contribution < 1.29 is 11.0 Å². The first-order valence-electron chi connectivity index (χ1n) is 5.97. The van der Waals surface area contributed by atoms with E-state index in [1.165, 1.54) is 0 Å². The number of piperazine rings is 1. The Kier molecular flexibility index (Phi) is 3.23. The van der Waals surface area contributed by atoms with Crippen LogP contribution < -0.4 is 10.6 Å². The van der Waals surface area contributed by atoms with E-state index in [1.54, 1.807) is 0 Å². The van der Waals surface area contributed by atoms with Crippen molar-refractivity contribution in [1.82, 2.24) is 10.6 Å². The van der Waals surface area contributed by atoms with Gasteiger partial charge in [0.1, 0.15) is 12.1 Å². The van der Waals surface area contributed by atoms with Gasteiger partial charge in [-0.15, -0.1) is 0 Å². The summed E-state index contributed by atoms with van der Waals surface area (Å²) in [6.07, 6.45) is 0.771. The van der Waals surface area contributed by atoms with Crippen molar-refractivity contribution in [1.29, 1.82) is 0 Å². The second-order valence-electron chi connectivity index (χ2n) is 4.53. The molecule has 0 radical (unpaired) electrons. The molecule has 0 saturated carbocycles. The van der Waals surface area contributed by atoms with Gasteiger partial charge in [-0.3, -0.25) is 9.59 Å². The smallest absolute Gasteiger partial charge is 0.243 e. The lowest BCUT2D eigenvalue weighted by molar-refractivity contribution is -0.139. The molecule has 4 heteroatoms. The zero-order valence-electron chi connectivity index (χ0n) is 10.8. The SMILES string of the molecule is [2H]N1C(=O)[C@H](C(C)C)NC(=O)[C@H]1[C@H](C)CC. The number of nitrogens with one attached hydrogen (secondary N) is 2. The fourth-order valence-corrected chi connectivity index (χ4v) is 1.64. The lowest BCUT2D eigenvalue weighted by Crippen LogP contribution is -2.64. The first kappa shape index (κ1) is 10.5. The van der Waals surface area contributed by atoms with Gasteiger partial charge in [-0.1, -0.05) is 34.1 Å². The molecule has 0 aliphatic carbocycles. The molecule has 1 aliphatic heterocycles. The topological polar surface area (TPSA) is 58.2 Å². The predicted molar refractivity (Wildman–Crippen MR) is 58.2 cm³/mol. The monoisotopic (exact) mass is 213 g/mol. The Balaban J connectivity index is 2.88. The van der Waals surface area contributed by atoms with Crippen LogP contribution in [0.15, 0.2) is 0 Å². The molecule has 2 N–H and O–H groups in total. The maximum absolute atomic E-state index is 11.9. The zero-order valence-corrected chi connectivity index (χ0v) is 9.78. The third kappa shape index (κ3) is 2.49. The van der Waals surface area contributed by atoms with Crippen LogP contribution in [0, 0.1) is 11.8 Å². The summed E-state index contributed by atoms with van der Waals surface area (Å²) in [6, 6.07) is -1.20. The van der Waals surface area contributed by atoms with Gasteiger partial charge >= 0.3 is 0 Å². The molecule has 1 aliphatic rings. The van der Waals surface area contributed by atoms with Crippen LogP contribution in [0.2, 0.25) is 1.41 Å². The summed E-state index contributed by atoms with van der Waals surface area (Å²) in [5, 5.41) is 3.57. The third-order valence-electron chi connectivity index (χ3n) is 2.95. The summed E-state index contributed by atoms with van der Waals surface area (Å²) in [7, 11) is 0. The molecule has 1 heterocycles. The van der Waals surface area contributed by atoms with Gasteiger partial charge < -0.3 is 10.6 Å². The number of hydrogen-bond acceptors (Lipinski definition) is 2. The summed E-state index contributed by atoms with van der Waals surface area (Å²) < 4.78 is 7.75. The van der Waals surface area contributed by atoms with Crippen LogP contribution >= 0.6 is 0 Å². The molecule has 3 atom stereocenters. The van der Waals surface area contributed by atoms with Crippen molar-refractivity contribution in [3.05, 3.63) is 0 Å². The Bertz CT molecular complexity index is 294. The minimum atomic E-state index is -0.646. The highest BCUT2D eigenvalue weighted by Crippen LogP contribution is 2.14. The van der Waals surface area contributed by atoms with Gasteiger partial charge in [-0.2, -0.15) is 0 Å². The second-order valence-corrected chi connectivity index (χ2v) is 4.53. The number of carbonyl (C=O) groups excluding carboxylic acids is 2. The van der Waals surface area contributed by atoms with Gasteiger partial charge in [0.25, 0.3) is 0 Å². The summed E-state index contributed by atoms with van der Waals surface area (Å²) >= 11 is 0. The van der Waals surface area contributed by atoms with E-state index in [0.717, 1.165) is 11.7 Å². The molecule has 0 aromatic rings. The van der Waals surface area contributed by atoms with Crippen LogP contribution in [-0.4, -0.2) is 23.9 Å². The number of amides is 2. The standard InChI is InChI=1S/C11H20N2O2/c1-5-7(4)9-11(15)12-8(6(2)3)10(14)13-9/h6-9H,5H2,1-4H3,(H,12,15)(H,13,14)/t7-,8+,9-/m1/s1/i/hD. The van der Waals surface area contributed by atoms with E-state index in [4.69, 9.17) is 1.41 Å². The fraction of sp³-hybridized carbons (Fsp3) is 0.818. The maximum atomic E-state index is 11.9. The van der Waals surface area contributed by atoms with E-state index < -0.39 is 12.1 Å². The lowest BCUT2D eigenvalue weighted by atomic mass is 9.93. The van der Waals surface area contributed by atoms with Crippen molar-refractivity contribution in [3.8, 4) is 0 Å². The molecule has 0 aromatic carbocycles. The van der Waals surface area contributed by atoms with Gasteiger partial charge in [-0.25, -0.2) is 0 Å². The molecular weight excluding hydrogens is 192 g/mol. The average Bonchev–Trinajstić information content (AvgIpc) is 2.22. The molecule has 2 amide bonds.